The monoisotopic (exact) mass is 325 g/mol. The molecule has 5 nitrogen and oxygen atoms in total. The number of nitrogens with zero attached hydrogens (tertiary/aromatic N) is 4. The van der Waals surface area contributed by atoms with Gasteiger partial charge in [0.25, 0.3) is 0 Å². The van der Waals surface area contributed by atoms with Crippen LogP contribution >= 0.6 is 34.5 Å². The molecule has 1 saturated carbocycles. The predicted molar refractivity (Wildman–Crippen MR) is 80.5 cm³/mol. The smallest absolute Gasteiger partial charge is 0.234 e. The summed E-state index contributed by atoms with van der Waals surface area (Å²) in [5, 5.41) is 14.6. The Balaban J connectivity index is 1.92. The van der Waals surface area contributed by atoms with Crippen molar-refractivity contribution >= 4 is 45.2 Å². The van der Waals surface area contributed by atoms with Gasteiger partial charge in [0.1, 0.15) is 0 Å². The van der Waals surface area contributed by atoms with E-state index in [9.17, 15) is 0 Å². The summed E-state index contributed by atoms with van der Waals surface area (Å²) in [6.45, 7) is 0. The molecule has 102 valence electrons. The molecule has 1 aliphatic carbocycles. The Morgan fingerprint density at radius 3 is 2.70 bits per heavy atom. The molecule has 0 unspecified atom stereocenters. The molecule has 0 radical (unpaired) electrons. The first kappa shape index (κ1) is 12.4. The maximum Gasteiger partial charge on any atom is 0.234 e. The van der Waals surface area contributed by atoms with Gasteiger partial charge in [-0.2, -0.15) is 9.61 Å². The summed E-state index contributed by atoms with van der Waals surface area (Å²) < 4.78 is 1.79. The van der Waals surface area contributed by atoms with Crippen molar-refractivity contribution in [1.82, 2.24) is 19.8 Å². The molecule has 2 heterocycles. The third kappa shape index (κ3) is 1.79. The van der Waals surface area contributed by atoms with E-state index in [1.54, 1.807) is 16.6 Å². The van der Waals surface area contributed by atoms with E-state index < -0.39 is 0 Å². The summed E-state index contributed by atoms with van der Waals surface area (Å²) in [6.07, 6.45) is 2.29. The number of hydrogen-bond acceptors (Lipinski definition) is 5. The second-order valence-corrected chi connectivity index (χ2v) is 6.52. The van der Waals surface area contributed by atoms with Crippen LogP contribution in [0.1, 0.15) is 24.6 Å². The Kier molecular flexibility index (Phi) is 2.67. The number of fused-ring (bicyclic) bond motifs is 1. The molecule has 0 saturated heterocycles. The number of aromatic nitrogens is 4. The molecular formula is C12H9Cl2N5S. The molecule has 8 heteroatoms. The summed E-state index contributed by atoms with van der Waals surface area (Å²) in [4.78, 5) is 0.748. The number of benzene rings is 1. The van der Waals surface area contributed by atoms with Crippen LogP contribution in [0.4, 0.5) is 5.69 Å². The minimum Gasteiger partial charge on any atom is -0.397 e. The van der Waals surface area contributed by atoms with Crippen LogP contribution in [0.15, 0.2) is 12.1 Å². The topological polar surface area (TPSA) is 69.1 Å². The van der Waals surface area contributed by atoms with Gasteiger partial charge in [0.15, 0.2) is 10.8 Å². The Labute approximate surface area is 128 Å². The lowest BCUT2D eigenvalue weighted by Crippen LogP contribution is -1.96. The van der Waals surface area contributed by atoms with Gasteiger partial charge >= 0.3 is 0 Å². The second-order valence-electron chi connectivity index (χ2n) is 4.75. The molecule has 2 N–H and O–H groups in total. The van der Waals surface area contributed by atoms with Crippen LogP contribution in [0.25, 0.3) is 15.5 Å². The summed E-state index contributed by atoms with van der Waals surface area (Å²) in [5.74, 6) is 1.39. The van der Waals surface area contributed by atoms with E-state index in [2.05, 4.69) is 15.3 Å². The SMILES string of the molecule is Nc1c(Cl)ccc(Cl)c1-c1nn2c(C3CC3)nnc2s1. The molecule has 1 aliphatic rings. The van der Waals surface area contributed by atoms with Crippen LogP contribution in [0.5, 0.6) is 0 Å². The summed E-state index contributed by atoms with van der Waals surface area (Å²) >= 11 is 13.7. The van der Waals surface area contributed by atoms with Crippen LogP contribution < -0.4 is 5.73 Å². The van der Waals surface area contributed by atoms with Crippen LogP contribution in [0.2, 0.25) is 10.0 Å². The van der Waals surface area contributed by atoms with Crippen LogP contribution in [0, 0.1) is 0 Å². The molecule has 4 rings (SSSR count). The number of halogens is 2. The molecule has 0 atom stereocenters. The van der Waals surface area contributed by atoms with Crippen molar-refractivity contribution < 1.29 is 0 Å². The maximum absolute atomic E-state index is 6.23. The predicted octanol–water partition coefficient (Wildman–Crippen LogP) is 3.62. The molecule has 1 fully saturated rings. The fourth-order valence-corrected chi connectivity index (χ4v) is 3.50. The van der Waals surface area contributed by atoms with Gasteiger partial charge in [0.2, 0.25) is 4.96 Å². The first-order chi connectivity index (χ1) is 9.65. The fraction of sp³-hybridized carbons (Fsp3) is 0.250. The van der Waals surface area contributed by atoms with E-state index in [4.69, 9.17) is 28.9 Å². The average molecular weight is 326 g/mol. The minimum atomic E-state index is 0.442. The highest BCUT2D eigenvalue weighted by Gasteiger charge is 2.30. The molecule has 3 aromatic rings. The van der Waals surface area contributed by atoms with Gasteiger partial charge in [0.05, 0.1) is 21.3 Å². The van der Waals surface area contributed by atoms with E-state index in [0.717, 1.165) is 23.6 Å². The Morgan fingerprint density at radius 1 is 1.20 bits per heavy atom. The van der Waals surface area contributed by atoms with E-state index in [-0.39, 0.29) is 0 Å². The highest BCUT2D eigenvalue weighted by atomic mass is 35.5. The zero-order chi connectivity index (χ0) is 13.9. The van der Waals surface area contributed by atoms with Crippen molar-refractivity contribution in [3.8, 4) is 10.6 Å². The summed E-state index contributed by atoms with van der Waals surface area (Å²) in [7, 11) is 0. The van der Waals surface area contributed by atoms with Crippen molar-refractivity contribution in [2.45, 2.75) is 18.8 Å². The minimum absolute atomic E-state index is 0.442. The van der Waals surface area contributed by atoms with Gasteiger partial charge in [-0.25, -0.2) is 0 Å². The maximum atomic E-state index is 6.23. The van der Waals surface area contributed by atoms with E-state index in [0.29, 0.717) is 32.2 Å². The van der Waals surface area contributed by atoms with E-state index in [1.807, 2.05) is 0 Å². The lowest BCUT2D eigenvalue weighted by atomic mass is 10.2. The van der Waals surface area contributed by atoms with Crippen molar-refractivity contribution in [3.63, 3.8) is 0 Å². The first-order valence-electron chi connectivity index (χ1n) is 6.11. The number of anilines is 1. The summed E-state index contributed by atoms with van der Waals surface area (Å²) in [5.41, 5.74) is 7.13. The quantitative estimate of drug-likeness (QED) is 0.730. The Bertz CT molecular complexity index is 821. The van der Waals surface area contributed by atoms with E-state index in [1.165, 1.54) is 11.3 Å². The Hall–Kier alpha value is -1.37. The lowest BCUT2D eigenvalue weighted by molar-refractivity contribution is 0.828. The number of rotatable bonds is 2. The molecule has 0 bridgehead atoms. The normalized spacial score (nSPS) is 15.1. The van der Waals surface area contributed by atoms with Gasteiger partial charge in [-0.15, -0.1) is 10.2 Å². The third-order valence-corrected chi connectivity index (χ3v) is 4.87. The molecular weight excluding hydrogens is 317 g/mol. The van der Waals surface area contributed by atoms with Gasteiger partial charge in [-0.05, 0) is 25.0 Å². The third-order valence-electron chi connectivity index (χ3n) is 3.31. The standard InChI is InChI=1S/C12H9Cl2N5S/c13-6-3-4-7(14)9(15)8(6)11-18-19-10(5-1-2-5)16-17-12(19)20-11/h3-5H,1-2,15H2. The van der Waals surface area contributed by atoms with Gasteiger partial charge < -0.3 is 5.73 Å². The number of hydrogen-bond donors (Lipinski definition) is 1. The number of nitrogens with two attached hydrogens (primary N) is 1. The largest absolute Gasteiger partial charge is 0.397 e. The van der Waals surface area contributed by atoms with Crippen LogP contribution in [-0.4, -0.2) is 19.8 Å². The van der Waals surface area contributed by atoms with Crippen molar-refractivity contribution in [2.75, 3.05) is 5.73 Å². The second kappa shape index (κ2) is 4.31. The molecule has 0 aliphatic heterocycles. The highest BCUT2D eigenvalue weighted by Crippen LogP contribution is 2.42. The van der Waals surface area contributed by atoms with Gasteiger partial charge in [-0.3, -0.25) is 0 Å². The number of nitrogen functional groups attached to an aromatic ring is 1. The Morgan fingerprint density at radius 2 is 1.95 bits per heavy atom. The van der Waals surface area contributed by atoms with Crippen molar-refractivity contribution in [1.29, 1.82) is 0 Å². The molecule has 2 aromatic heterocycles. The van der Waals surface area contributed by atoms with Crippen molar-refractivity contribution in [3.05, 3.63) is 28.0 Å². The van der Waals surface area contributed by atoms with Crippen molar-refractivity contribution in [2.24, 2.45) is 0 Å². The molecule has 0 spiro atoms. The summed E-state index contributed by atoms with van der Waals surface area (Å²) in [6, 6.07) is 3.40. The zero-order valence-corrected chi connectivity index (χ0v) is 12.5. The van der Waals surface area contributed by atoms with E-state index >= 15 is 0 Å². The molecule has 20 heavy (non-hydrogen) atoms. The first-order valence-corrected chi connectivity index (χ1v) is 7.68. The molecule has 1 aromatic carbocycles. The van der Waals surface area contributed by atoms with Crippen LogP contribution in [-0.2, 0) is 0 Å². The van der Waals surface area contributed by atoms with Gasteiger partial charge in [-0.1, -0.05) is 34.5 Å². The zero-order valence-electron chi connectivity index (χ0n) is 10.2. The lowest BCUT2D eigenvalue weighted by Gasteiger charge is -2.06. The van der Waals surface area contributed by atoms with Crippen LogP contribution in [0.3, 0.4) is 0 Å². The fourth-order valence-electron chi connectivity index (χ4n) is 2.11. The van der Waals surface area contributed by atoms with Gasteiger partial charge in [0, 0.05) is 5.92 Å². The average Bonchev–Trinajstić information content (AvgIpc) is 3.05. The molecule has 0 amide bonds. The highest BCUT2D eigenvalue weighted by molar-refractivity contribution is 7.20.